The van der Waals surface area contributed by atoms with Crippen LogP contribution in [0.4, 0.5) is 0 Å². The monoisotopic (exact) mass is 396 g/mol. The molecule has 6 aromatic rings. The molecule has 0 spiro atoms. The van der Waals surface area contributed by atoms with Crippen molar-refractivity contribution in [1.82, 2.24) is 4.98 Å². The zero-order valence-corrected chi connectivity index (χ0v) is 16.5. The minimum absolute atomic E-state index is 0.607. The van der Waals surface area contributed by atoms with E-state index in [2.05, 4.69) is 71.7 Å². The van der Waals surface area contributed by atoms with Crippen molar-refractivity contribution in [2.45, 2.75) is 0 Å². The number of fused-ring (bicyclic) bond motifs is 5. The number of hydrogen-bond acceptors (Lipinski definition) is 3. The molecule has 31 heavy (non-hydrogen) atoms. The summed E-state index contributed by atoms with van der Waals surface area (Å²) in [5.74, 6) is 0. The molecular weight excluding hydrogens is 380 g/mol. The second-order valence-corrected chi connectivity index (χ2v) is 7.56. The van der Waals surface area contributed by atoms with Crippen molar-refractivity contribution < 1.29 is 4.42 Å². The second-order valence-electron chi connectivity index (χ2n) is 7.56. The average molecular weight is 396 g/mol. The molecule has 0 bridgehead atoms. The van der Waals surface area contributed by atoms with E-state index in [-0.39, 0.29) is 0 Å². The third-order valence-electron chi connectivity index (χ3n) is 5.77. The van der Waals surface area contributed by atoms with E-state index in [1.165, 1.54) is 10.8 Å². The van der Waals surface area contributed by atoms with Gasteiger partial charge in [0.2, 0.25) is 0 Å². The molecule has 6 rings (SSSR count). The lowest BCUT2D eigenvalue weighted by molar-refractivity contribution is 0.669. The fourth-order valence-corrected chi connectivity index (χ4v) is 4.31. The summed E-state index contributed by atoms with van der Waals surface area (Å²) >= 11 is 0. The molecule has 0 fully saturated rings. The van der Waals surface area contributed by atoms with Gasteiger partial charge in [0.15, 0.2) is 0 Å². The molecule has 2 heterocycles. The summed E-state index contributed by atoms with van der Waals surface area (Å²) in [6.45, 7) is 0. The molecule has 0 saturated heterocycles. The van der Waals surface area contributed by atoms with Crippen molar-refractivity contribution >= 4 is 32.7 Å². The molecule has 3 nitrogen and oxygen atoms in total. The first-order valence-electron chi connectivity index (χ1n) is 10.1. The van der Waals surface area contributed by atoms with E-state index < -0.39 is 0 Å². The van der Waals surface area contributed by atoms with Crippen LogP contribution < -0.4 is 0 Å². The molecule has 3 heteroatoms. The summed E-state index contributed by atoms with van der Waals surface area (Å²) in [5.41, 5.74) is 6.42. The van der Waals surface area contributed by atoms with Gasteiger partial charge in [-0.15, -0.1) is 0 Å². The lowest BCUT2D eigenvalue weighted by Gasteiger charge is -2.09. The highest BCUT2D eigenvalue weighted by Crippen LogP contribution is 2.40. The Bertz CT molecular complexity index is 1640. The maximum Gasteiger partial charge on any atom is 0.136 e. The van der Waals surface area contributed by atoms with Gasteiger partial charge in [0.05, 0.1) is 17.3 Å². The molecule has 0 atom stereocenters. The molecule has 0 saturated carbocycles. The molecule has 0 unspecified atom stereocenters. The van der Waals surface area contributed by atoms with Gasteiger partial charge in [0, 0.05) is 22.5 Å². The highest BCUT2D eigenvalue weighted by Gasteiger charge is 2.14. The first kappa shape index (κ1) is 17.4. The van der Waals surface area contributed by atoms with E-state index in [1.807, 2.05) is 24.3 Å². The Labute approximate surface area is 178 Å². The molecular formula is C28H16N2O. The number of furan rings is 1. The molecule has 0 radical (unpaired) electrons. The Kier molecular flexibility index (Phi) is 3.84. The predicted octanol–water partition coefficient (Wildman–Crippen LogP) is 7.34. The van der Waals surface area contributed by atoms with Crippen molar-refractivity contribution in [2.75, 3.05) is 0 Å². The fraction of sp³-hybridized carbons (Fsp3) is 0. The quantitative estimate of drug-likeness (QED) is 0.308. The highest BCUT2D eigenvalue weighted by atomic mass is 16.3. The van der Waals surface area contributed by atoms with E-state index in [0.29, 0.717) is 5.56 Å². The van der Waals surface area contributed by atoms with Crippen LogP contribution in [-0.2, 0) is 0 Å². The zero-order valence-electron chi connectivity index (χ0n) is 16.5. The van der Waals surface area contributed by atoms with Gasteiger partial charge in [-0.05, 0) is 46.2 Å². The number of hydrogen-bond donors (Lipinski definition) is 0. The van der Waals surface area contributed by atoms with Gasteiger partial charge in [0.25, 0.3) is 0 Å². The SMILES string of the molecule is N#Cc1ccnc(-c2ccc(-c3cc4oc5ccccc5c4c4ccccc34)cc2)c1. The maximum absolute atomic E-state index is 9.15. The van der Waals surface area contributed by atoms with Crippen LogP contribution in [0.15, 0.2) is 102 Å². The first-order chi connectivity index (χ1) is 15.3. The van der Waals surface area contributed by atoms with Crippen LogP contribution in [0.1, 0.15) is 5.56 Å². The topological polar surface area (TPSA) is 49.8 Å². The first-order valence-corrected chi connectivity index (χ1v) is 10.1. The van der Waals surface area contributed by atoms with Crippen molar-refractivity contribution in [1.29, 1.82) is 5.26 Å². The van der Waals surface area contributed by atoms with Gasteiger partial charge in [-0.25, -0.2) is 0 Å². The largest absolute Gasteiger partial charge is 0.456 e. The third kappa shape index (κ3) is 2.78. The normalized spacial score (nSPS) is 11.2. The van der Waals surface area contributed by atoms with Gasteiger partial charge < -0.3 is 4.42 Å². The fourth-order valence-electron chi connectivity index (χ4n) is 4.31. The van der Waals surface area contributed by atoms with Crippen molar-refractivity contribution in [3.05, 3.63) is 103 Å². The Morgan fingerprint density at radius 2 is 1.39 bits per heavy atom. The minimum atomic E-state index is 0.607. The smallest absolute Gasteiger partial charge is 0.136 e. The van der Waals surface area contributed by atoms with Crippen LogP contribution in [-0.4, -0.2) is 4.98 Å². The summed E-state index contributed by atoms with van der Waals surface area (Å²) in [6, 6.07) is 32.8. The molecule has 4 aromatic carbocycles. The standard InChI is InChI=1S/C28H16N2O/c29-17-18-13-14-30-25(15-18)20-11-9-19(10-12-20)24-16-27-28(22-6-2-1-5-21(22)24)23-7-3-4-8-26(23)31-27/h1-16H. The van der Waals surface area contributed by atoms with E-state index in [0.717, 1.165) is 44.3 Å². The molecule has 2 aromatic heterocycles. The summed E-state index contributed by atoms with van der Waals surface area (Å²) in [5, 5.41) is 13.8. The van der Waals surface area contributed by atoms with Gasteiger partial charge in [0.1, 0.15) is 11.2 Å². The molecule has 0 aliphatic rings. The summed E-state index contributed by atoms with van der Waals surface area (Å²) in [4.78, 5) is 4.41. The Hall–Kier alpha value is -4.42. The van der Waals surface area contributed by atoms with E-state index in [9.17, 15) is 0 Å². The summed E-state index contributed by atoms with van der Waals surface area (Å²) in [7, 11) is 0. The van der Waals surface area contributed by atoms with Crippen molar-refractivity contribution in [3.8, 4) is 28.5 Å². The number of aromatic nitrogens is 1. The Balaban J connectivity index is 1.55. The number of benzene rings is 4. The molecule has 144 valence electrons. The zero-order chi connectivity index (χ0) is 20.8. The average Bonchev–Trinajstić information content (AvgIpc) is 3.22. The summed E-state index contributed by atoms with van der Waals surface area (Å²) in [6.07, 6.45) is 1.67. The van der Waals surface area contributed by atoms with Crippen LogP contribution in [0.25, 0.3) is 55.1 Å². The van der Waals surface area contributed by atoms with Gasteiger partial charge >= 0.3 is 0 Å². The van der Waals surface area contributed by atoms with Gasteiger partial charge in [-0.3, -0.25) is 4.98 Å². The van der Waals surface area contributed by atoms with Crippen LogP contribution in [0.3, 0.4) is 0 Å². The number of para-hydroxylation sites is 1. The Morgan fingerprint density at radius 1 is 0.677 bits per heavy atom. The predicted molar refractivity (Wildman–Crippen MR) is 125 cm³/mol. The molecule has 0 N–H and O–H groups in total. The number of rotatable bonds is 2. The van der Waals surface area contributed by atoms with Crippen LogP contribution >= 0.6 is 0 Å². The maximum atomic E-state index is 9.15. The number of pyridine rings is 1. The summed E-state index contributed by atoms with van der Waals surface area (Å²) < 4.78 is 6.20. The minimum Gasteiger partial charge on any atom is -0.456 e. The van der Waals surface area contributed by atoms with E-state index >= 15 is 0 Å². The lowest BCUT2D eigenvalue weighted by Crippen LogP contribution is -1.86. The van der Waals surface area contributed by atoms with Crippen LogP contribution in [0.2, 0.25) is 0 Å². The molecule has 0 aliphatic heterocycles. The molecule has 0 amide bonds. The number of nitriles is 1. The second kappa shape index (κ2) is 6.83. The van der Waals surface area contributed by atoms with E-state index in [4.69, 9.17) is 9.68 Å². The molecule has 0 aliphatic carbocycles. The highest BCUT2D eigenvalue weighted by molar-refractivity contribution is 6.22. The van der Waals surface area contributed by atoms with Crippen LogP contribution in [0, 0.1) is 11.3 Å². The van der Waals surface area contributed by atoms with Gasteiger partial charge in [-0.2, -0.15) is 5.26 Å². The van der Waals surface area contributed by atoms with Crippen LogP contribution in [0.5, 0.6) is 0 Å². The number of nitrogens with zero attached hydrogens (tertiary/aromatic N) is 2. The van der Waals surface area contributed by atoms with E-state index in [1.54, 1.807) is 12.3 Å². The van der Waals surface area contributed by atoms with Crippen molar-refractivity contribution in [2.24, 2.45) is 0 Å². The van der Waals surface area contributed by atoms with Gasteiger partial charge in [-0.1, -0.05) is 66.7 Å². The Morgan fingerprint density at radius 3 is 2.19 bits per heavy atom. The lowest BCUT2D eigenvalue weighted by atomic mass is 9.94. The van der Waals surface area contributed by atoms with Crippen molar-refractivity contribution in [3.63, 3.8) is 0 Å². The third-order valence-corrected chi connectivity index (χ3v) is 5.77.